The molecule has 3 rings (SSSR count). The van der Waals surface area contributed by atoms with E-state index >= 15 is 0 Å². The van der Waals surface area contributed by atoms with E-state index in [1.54, 1.807) is 30.9 Å². The molecule has 0 unspecified atom stereocenters. The van der Waals surface area contributed by atoms with Gasteiger partial charge >= 0.3 is 6.03 Å². The van der Waals surface area contributed by atoms with E-state index in [0.717, 1.165) is 0 Å². The number of nitrogens with one attached hydrogen (secondary N) is 2. The van der Waals surface area contributed by atoms with Crippen LogP contribution in [0.1, 0.15) is 40.5 Å². The molecular weight excluding hydrogens is 468 g/mol. The van der Waals surface area contributed by atoms with Gasteiger partial charge in [-0.15, -0.1) is 0 Å². The van der Waals surface area contributed by atoms with E-state index in [2.05, 4.69) is 10.0 Å². The predicted octanol–water partition coefficient (Wildman–Crippen LogP) is 1.81. The number of carbonyl (C=O) groups is 1. The summed E-state index contributed by atoms with van der Waals surface area (Å²) in [6.07, 6.45) is 0.721. The molecule has 12 heteroatoms. The maximum Gasteiger partial charge on any atom is 0.321 e. The summed E-state index contributed by atoms with van der Waals surface area (Å²) in [6.45, 7) is 8.40. The monoisotopic (exact) mass is 502 g/mol. The molecule has 2 aliphatic rings. The number of likely N-dealkylation sites (tertiary alicyclic amines) is 1. The fourth-order valence-electron chi connectivity index (χ4n) is 3.96. The van der Waals surface area contributed by atoms with Gasteiger partial charge in [0.15, 0.2) is 0 Å². The van der Waals surface area contributed by atoms with Crippen LogP contribution in [0.25, 0.3) is 0 Å². The molecule has 0 aromatic heterocycles. The third-order valence-corrected chi connectivity index (χ3v) is 9.61. The zero-order chi connectivity index (χ0) is 24.4. The lowest BCUT2D eigenvalue weighted by Gasteiger charge is -2.34. The number of amides is 2. The average Bonchev–Trinajstić information content (AvgIpc) is 2.73. The first-order valence-electron chi connectivity index (χ1n) is 11.2. The number of morpholine rings is 1. The highest BCUT2D eigenvalue weighted by molar-refractivity contribution is 7.90. The van der Waals surface area contributed by atoms with E-state index in [1.165, 1.54) is 16.4 Å². The fraction of sp³-hybridized carbons (Fsp3) is 0.667. The van der Waals surface area contributed by atoms with Crippen LogP contribution in [-0.2, 0) is 24.8 Å². The minimum absolute atomic E-state index is 0.167. The van der Waals surface area contributed by atoms with Crippen LogP contribution in [-0.4, -0.2) is 81.8 Å². The lowest BCUT2D eigenvalue weighted by Crippen LogP contribution is -2.48. The van der Waals surface area contributed by atoms with Gasteiger partial charge in [-0.05, 0) is 64.8 Å². The van der Waals surface area contributed by atoms with Gasteiger partial charge in [-0.25, -0.2) is 26.4 Å². The van der Waals surface area contributed by atoms with Gasteiger partial charge in [-0.2, -0.15) is 4.31 Å². The molecule has 2 aliphatic heterocycles. The largest absolute Gasteiger partial charge is 0.373 e. The van der Waals surface area contributed by atoms with Crippen molar-refractivity contribution in [1.82, 2.24) is 13.9 Å². The van der Waals surface area contributed by atoms with Crippen LogP contribution in [0.15, 0.2) is 29.2 Å². The van der Waals surface area contributed by atoms with Crippen molar-refractivity contribution in [1.29, 1.82) is 0 Å². The number of urea groups is 1. The van der Waals surface area contributed by atoms with Crippen molar-refractivity contribution in [2.24, 2.45) is 0 Å². The highest BCUT2D eigenvalue weighted by Gasteiger charge is 2.32. The topological polar surface area (TPSA) is 125 Å². The predicted molar refractivity (Wildman–Crippen MR) is 126 cm³/mol. The molecule has 1 aromatic carbocycles. The van der Waals surface area contributed by atoms with Crippen LogP contribution in [0.4, 0.5) is 10.5 Å². The summed E-state index contributed by atoms with van der Waals surface area (Å²) in [5.41, 5.74) is 0.491. The Balaban J connectivity index is 1.55. The molecule has 1 aromatic rings. The van der Waals surface area contributed by atoms with E-state index in [9.17, 15) is 21.6 Å². The summed E-state index contributed by atoms with van der Waals surface area (Å²) in [7, 11) is -6.99. The molecule has 0 spiro atoms. The van der Waals surface area contributed by atoms with E-state index in [1.807, 2.05) is 13.8 Å². The SMILES string of the molecule is CC(C)S(=O)(=O)NC1CCN(C(=O)Nc2ccc(S(=O)(=O)N3C[C@@H](C)O[C@@H](C)C3)cc2)CC1. The van der Waals surface area contributed by atoms with Crippen LogP contribution in [0.5, 0.6) is 0 Å². The van der Waals surface area contributed by atoms with Crippen molar-refractivity contribution in [3.05, 3.63) is 24.3 Å². The molecule has 10 nitrogen and oxygen atoms in total. The molecule has 33 heavy (non-hydrogen) atoms. The Morgan fingerprint density at radius 3 is 2.06 bits per heavy atom. The Morgan fingerprint density at radius 1 is 1.00 bits per heavy atom. The van der Waals surface area contributed by atoms with Gasteiger partial charge in [0.25, 0.3) is 0 Å². The number of carbonyl (C=O) groups excluding carboxylic acids is 1. The average molecular weight is 503 g/mol. The molecule has 0 bridgehead atoms. The quantitative estimate of drug-likeness (QED) is 0.611. The Bertz CT molecular complexity index is 1030. The van der Waals surface area contributed by atoms with Crippen LogP contribution in [0.2, 0.25) is 0 Å². The molecule has 2 fully saturated rings. The fourth-order valence-corrected chi connectivity index (χ4v) is 6.52. The molecule has 2 atom stereocenters. The molecule has 0 aliphatic carbocycles. The molecule has 2 amide bonds. The minimum atomic E-state index is -3.65. The second kappa shape index (κ2) is 10.3. The van der Waals surface area contributed by atoms with Crippen molar-refractivity contribution < 1.29 is 26.4 Å². The summed E-state index contributed by atoms with van der Waals surface area (Å²) < 4.78 is 59.7. The third-order valence-electron chi connectivity index (χ3n) is 5.86. The summed E-state index contributed by atoms with van der Waals surface area (Å²) in [6, 6.07) is 5.64. The van der Waals surface area contributed by atoms with Gasteiger partial charge in [0.2, 0.25) is 20.0 Å². The molecule has 0 radical (unpaired) electrons. The zero-order valence-corrected chi connectivity index (χ0v) is 21.2. The van der Waals surface area contributed by atoms with Crippen LogP contribution < -0.4 is 10.0 Å². The van der Waals surface area contributed by atoms with Crippen molar-refractivity contribution in [2.75, 3.05) is 31.5 Å². The van der Waals surface area contributed by atoms with Crippen LogP contribution in [0, 0.1) is 0 Å². The number of nitrogens with zero attached hydrogens (tertiary/aromatic N) is 2. The Hall–Kier alpha value is -1.73. The number of hydrogen-bond donors (Lipinski definition) is 2. The van der Waals surface area contributed by atoms with Crippen LogP contribution in [0.3, 0.4) is 0 Å². The van der Waals surface area contributed by atoms with Gasteiger partial charge in [-0.3, -0.25) is 0 Å². The van der Waals surface area contributed by atoms with Crippen LogP contribution >= 0.6 is 0 Å². The number of rotatable bonds is 6. The molecule has 2 N–H and O–H groups in total. The molecule has 0 saturated carbocycles. The van der Waals surface area contributed by atoms with Crippen molar-refractivity contribution in [3.63, 3.8) is 0 Å². The lowest BCUT2D eigenvalue weighted by molar-refractivity contribution is -0.0440. The van der Waals surface area contributed by atoms with E-state index < -0.39 is 25.3 Å². The van der Waals surface area contributed by atoms with E-state index in [-0.39, 0.29) is 29.2 Å². The smallest absolute Gasteiger partial charge is 0.321 e. The van der Waals surface area contributed by atoms with Gasteiger partial charge < -0.3 is 15.0 Å². The molecule has 186 valence electrons. The normalized spacial score (nSPS) is 23.6. The molecule has 2 saturated heterocycles. The standard InChI is InChI=1S/C21H34N4O6S2/c1-15(2)32(27,28)23-19-9-11-24(12-10-19)21(26)22-18-5-7-20(8-6-18)33(29,30)25-13-16(3)31-17(4)14-25/h5-8,15-17,19,23H,9-14H2,1-4H3,(H,22,26)/t16-,17+. The highest BCUT2D eigenvalue weighted by Crippen LogP contribution is 2.23. The Kier molecular flexibility index (Phi) is 8.05. The van der Waals surface area contributed by atoms with E-state index in [0.29, 0.717) is 44.7 Å². The molecule has 2 heterocycles. The van der Waals surface area contributed by atoms with Crippen molar-refractivity contribution in [3.8, 4) is 0 Å². The summed E-state index contributed by atoms with van der Waals surface area (Å²) in [5.74, 6) is 0. The van der Waals surface area contributed by atoms with Crippen molar-refractivity contribution >= 4 is 31.8 Å². The summed E-state index contributed by atoms with van der Waals surface area (Å²) >= 11 is 0. The summed E-state index contributed by atoms with van der Waals surface area (Å²) in [5, 5.41) is 2.29. The summed E-state index contributed by atoms with van der Waals surface area (Å²) in [4.78, 5) is 14.4. The minimum Gasteiger partial charge on any atom is -0.373 e. The van der Waals surface area contributed by atoms with Gasteiger partial charge in [0.1, 0.15) is 0 Å². The maximum atomic E-state index is 13.0. The van der Waals surface area contributed by atoms with E-state index in [4.69, 9.17) is 4.74 Å². The highest BCUT2D eigenvalue weighted by atomic mass is 32.2. The zero-order valence-electron chi connectivity index (χ0n) is 19.5. The second-order valence-corrected chi connectivity index (χ2v) is 13.2. The first-order valence-corrected chi connectivity index (χ1v) is 14.2. The number of ether oxygens (including phenoxy) is 1. The van der Waals surface area contributed by atoms with Gasteiger partial charge in [0, 0.05) is 37.9 Å². The lowest BCUT2D eigenvalue weighted by atomic mass is 10.1. The number of sulfonamides is 2. The Morgan fingerprint density at radius 2 is 1.55 bits per heavy atom. The maximum absolute atomic E-state index is 13.0. The Labute approximate surface area is 196 Å². The second-order valence-electron chi connectivity index (χ2n) is 9.01. The number of benzene rings is 1. The first-order chi connectivity index (χ1) is 15.4. The third kappa shape index (κ3) is 6.44. The number of hydrogen-bond acceptors (Lipinski definition) is 6. The number of anilines is 1. The molecular formula is C21H34N4O6S2. The first kappa shape index (κ1) is 25.9. The van der Waals surface area contributed by atoms with Gasteiger partial charge in [-0.1, -0.05) is 0 Å². The van der Waals surface area contributed by atoms with Gasteiger partial charge in [0.05, 0.1) is 22.4 Å². The number of piperidine rings is 1. The van der Waals surface area contributed by atoms with Crippen molar-refractivity contribution in [2.45, 2.75) is 68.9 Å².